The third-order valence-electron chi connectivity index (χ3n) is 3.24. The van der Waals surface area contributed by atoms with Gasteiger partial charge in [0.05, 0.1) is 16.3 Å². The number of halogens is 2. The molecule has 3 aromatic rings. The first-order valence-electron chi connectivity index (χ1n) is 6.65. The van der Waals surface area contributed by atoms with Gasteiger partial charge in [0.1, 0.15) is 11.1 Å². The number of nitriles is 1. The maximum atomic E-state index is 9.45. The van der Waals surface area contributed by atoms with Crippen LogP contribution in [0.1, 0.15) is 15.4 Å². The summed E-state index contributed by atoms with van der Waals surface area (Å²) in [5.41, 5.74) is 3.26. The number of thiazole rings is 1. The van der Waals surface area contributed by atoms with Crippen molar-refractivity contribution in [2.45, 2.75) is 6.92 Å². The molecule has 0 radical (unpaired) electrons. The predicted octanol–water partition coefficient (Wildman–Crippen LogP) is 6.55. The zero-order chi connectivity index (χ0) is 16.4. The summed E-state index contributed by atoms with van der Waals surface area (Å²) in [6.45, 7) is 2.03. The topological polar surface area (TPSA) is 36.7 Å². The molecule has 0 N–H and O–H groups in total. The van der Waals surface area contributed by atoms with Crippen LogP contribution in [0, 0.1) is 18.3 Å². The molecule has 0 bridgehead atoms. The molecule has 0 amide bonds. The molecule has 0 atom stereocenters. The van der Waals surface area contributed by atoms with Crippen LogP contribution >= 0.6 is 45.9 Å². The standard InChI is InChI=1S/C17H10Cl2N2S2/c1-10-4-5-22-16(10)6-11(8-20)17-21-15(9-23-17)13-3-2-12(18)7-14(13)19/h2-7,9H,1H3. The zero-order valence-electron chi connectivity index (χ0n) is 12.0. The molecule has 0 unspecified atom stereocenters. The zero-order valence-corrected chi connectivity index (χ0v) is 15.2. The molecule has 0 aliphatic carbocycles. The lowest BCUT2D eigenvalue weighted by atomic mass is 10.2. The molecule has 0 fully saturated rings. The summed E-state index contributed by atoms with van der Waals surface area (Å²) >= 11 is 15.2. The number of benzene rings is 1. The highest BCUT2D eigenvalue weighted by atomic mass is 35.5. The Morgan fingerprint density at radius 3 is 2.74 bits per heavy atom. The second-order valence-corrected chi connectivity index (χ2v) is 7.45. The molecule has 2 heterocycles. The van der Waals surface area contributed by atoms with Crippen LogP contribution in [-0.4, -0.2) is 4.98 Å². The lowest BCUT2D eigenvalue weighted by Gasteiger charge is -2.00. The van der Waals surface area contributed by atoms with E-state index in [4.69, 9.17) is 23.2 Å². The first kappa shape index (κ1) is 16.2. The van der Waals surface area contributed by atoms with E-state index in [-0.39, 0.29) is 0 Å². The fourth-order valence-electron chi connectivity index (χ4n) is 2.02. The minimum Gasteiger partial charge on any atom is -0.235 e. The van der Waals surface area contributed by atoms with Crippen LogP contribution in [0.15, 0.2) is 35.0 Å². The molecule has 0 saturated heterocycles. The molecule has 0 spiro atoms. The Hall–Kier alpha value is -1.64. The minimum absolute atomic E-state index is 0.547. The van der Waals surface area contributed by atoms with Gasteiger partial charge in [0.2, 0.25) is 0 Å². The molecule has 6 heteroatoms. The monoisotopic (exact) mass is 376 g/mol. The number of allylic oxidation sites excluding steroid dienone is 1. The Labute approximate surface area is 152 Å². The Kier molecular flexibility index (Phi) is 4.84. The highest BCUT2D eigenvalue weighted by Gasteiger charge is 2.12. The quantitative estimate of drug-likeness (QED) is 0.485. The Morgan fingerprint density at radius 1 is 1.26 bits per heavy atom. The average molecular weight is 377 g/mol. The Balaban J connectivity index is 1.99. The van der Waals surface area contributed by atoms with Gasteiger partial charge in [-0.05, 0) is 48.2 Å². The largest absolute Gasteiger partial charge is 0.235 e. The van der Waals surface area contributed by atoms with Crippen molar-refractivity contribution < 1.29 is 0 Å². The Morgan fingerprint density at radius 2 is 2.09 bits per heavy atom. The summed E-state index contributed by atoms with van der Waals surface area (Å²) in [5, 5.41) is 15.2. The summed E-state index contributed by atoms with van der Waals surface area (Å²) in [6.07, 6.45) is 1.88. The van der Waals surface area contributed by atoms with E-state index in [1.807, 2.05) is 35.9 Å². The molecule has 2 nitrogen and oxygen atoms in total. The second-order valence-electron chi connectivity index (χ2n) is 4.80. The van der Waals surface area contributed by atoms with Gasteiger partial charge >= 0.3 is 0 Å². The van der Waals surface area contributed by atoms with E-state index in [1.165, 1.54) is 11.3 Å². The average Bonchev–Trinajstić information content (AvgIpc) is 3.14. The van der Waals surface area contributed by atoms with Gasteiger partial charge in [-0.15, -0.1) is 22.7 Å². The van der Waals surface area contributed by atoms with Gasteiger partial charge in [0.25, 0.3) is 0 Å². The summed E-state index contributed by atoms with van der Waals surface area (Å²) in [7, 11) is 0. The van der Waals surface area contributed by atoms with E-state index in [2.05, 4.69) is 11.1 Å². The van der Waals surface area contributed by atoms with Crippen LogP contribution in [0.2, 0.25) is 10.0 Å². The highest BCUT2D eigenvalue weighted by molar-refractivity contribution is 7.12. The number of thiophene rings is 1. The molecule has 0 aliphatic rings. The van der Waals surface area contributed by atoms with Crippen molar-refractivity contribution in [3.8, 4) is 17.3 Å². The van der Waals surface area contributed by atoms with E-state index in [0.29, 0.717) is 20.6 Å². The van der Waals surface area contributed by atoms with Crippen molar-refractivity contribution >= 4 is 57.5 Å². The van der Waals surface area contributed by atoms with E-state index in [9.17, 15) is 5.26 Å². The lowest BCUT2D eigenvalue weighted by molar-refractivity contribution is 1.37. The van der Waals surface area contributed by atoms with Gasteiger partial charge in [-0.2, -0.15) is 5.26 Å². The summed E-state index contributed by atoms with van der Waals surface area (Å²) < 4.78 is 0. The van der Waals surface area contributed by atoms with Crippen molar-refractivity contribution in [1.82, 2.24) is 4.98 Å². The summed E-state index contributed by atoms with van der Waals surface area (Å²) in [6, 6.07) is 9.57. The van der Waals surface area contributed by atoms with Gasteiger partial charge in [-0.25, -0.2) is 4.98 Å². The van der Waals surface area contributed by atoms with Crippen LogP contribution < -0.4 is 0 Å². The Bertz CT molecular complexity index is 932. The fraction of sp³-hybridized carbons (Fsp3) is 0.0588. The van der Waals surface area contributed by atoms with Crippen LogP contribution in [-0.2, 0) is 0 Å². The van der Waals surface area contributed by atoms with Crippen molar-refractivity contribution in [1.29, 1.82) is 5.26 Å². The van der Waals surface area contributed by atoms with Crippen LogP contribution in [0.25, 0.3) is 22.9 Å². The molecule has 114 valence electrons. The summed E-state index contributed by atoms with van der Waals surface area (Å²) in [5.74, 6) is 0. The molecule has 0 saturated carbocycles. The first-order valence-corrected chi connectivity index (χ1v) is 9.17. The molecule has 23 heavy (non-hydrogen) atoms. The fourth-order valence-corrected chi connectivity index (χ4v) is 4.17. The van der Waals surface area contributed by atoms with Gasteiger partial charge in [-0.1, -0.05) is 23.2 Å². The maximum absolute atomic E-state index is 9.45. The van der Waals surface area contributed by atoms with Gasteiger partial charge in [-0.3, -0.25) is 0 Å². The van der Waals surface area contributed by atoms with Crippen LogP contribution in [0.3, 0.4) is 0 Å². The number of nitrogens with zero attached hydrogens (tertiary/aromatic N) is 2. The van der Waals surface area contributed by atoms with E-state index < -0.39 is 0 Å². The number of rotatable bonds is 3. The van der Waals surface area contributed by atoms with E-state index in [1.54, 1.807) is 23.5 Å². The third kappa shape index (κ3) is 3.49. The van der Waals surface area contributed by atoms with Crippen molar-refractivity contribution in [2.75, 3.05) is 0 Å². The third-order valence-corrected chi connectivity index (χ3v) is 5.63. The molecule has 0 aliphatic heterocycles. The van der Waals surface area contributed by atoms with Gasteiger partial charge < -0.3 is 0 Å². The van der Waals surface area contributed by atoms with Gasteiger partial charge in [0.15, 0.2) is 0 Å². The SMILES string of the molecule is Cc1ccsc1C=C(C#N)c1nc(-c2ccc(Cl)cc2Cl)cs1. The highest BCUT2D eigenvalue weighted by Crippen LogP contribution is 2.33. The van der Waals surface area contributed by atoms with Crippen LogP contribution in [0.5, 0.6) is 0 Å². The normalized spacial score (nSPS) is 11.5. The lowest BCUT2D eigenvalue weighted by Crippen LogP contribution is -1.84. The van der Waals surface area contributed by atoms with Crippen molar-refractivity contribution in [2.24, 2.45) is 0 Å². The second kappa shape index (κ2) is 6.86. The smallest absolute Gasteiger partial charge is 0.134 e. The molecule has 1 aromatic carbocycles. The van der Waals surface area contributed by atoms with Crippen LogP contribution in [0.4, 0.5) is 0 Å². The van der Waals surface area contributed by atoms with Gasteiger partial charge in [0, 0.05) is 20.8 Å². The van der Waals surface area contributed by atoms with E-state index >= 15 is 0 Å². The molecule has 3 rings (SSSR count). The maximum Gasteiger partial charge on any atom is 0.134 e. The van der Waals surface area contributed by atoms with Crippen molar-refractivity contribution in [3.63, 3.8) is 0 Å². The molecule has 2 aromatic heterocycles. The number of aromatic nitrogens is 1. The molecular formula is C17H10Cl2N2S2. The molecular weight excluding hydrogens is 367 g/mol. The number of hydrogen-bond donors (Lipinski definition) is 0. The van der Waals surface area contributed by atoms with E-state index in [0.717, 1.165) is 21.7 Å². The first-order chi connectivity index (χ1) is 11.1. The summed E-state index contributed by atoms with van der Waals surface area (Å²) in [4.78, 5) is 5.63. The minimum atomic E-state index is 0.547. The number of aryl methyl sites for hydroxylation is 1. The number of hydrogen-bond acceptors (Lipinski definition) is 4. The predicted molar refractivity (Wildman–Crippen MR) is 100 cm³/mol. The van der Waals surface area contributed by atoms with Crippen molar-refractivity contribution in [3.05, 3.63) is 60.5 Å².